The van der Waals surface area contributed by atoms with Crippen LogP contribution in [-0.2, 0) is 20.1 Å². The van der Waals surface area contributed by atoms with Crippen LogP contribution in [0.1, 0.15) is 16.8 Å². The molecule has 2 aromatic carbocycles. The summed E-state index contributed by atoms with van der Waals surface area (Å²) in [4.78, 5) is 6.51. The Morgan fingerprint density at radius 1 is 1.12 bits per heavy atom. The van der Waals surface area contributed by atoms with Gasteiger partial charge in [-0.15, -0.1) is 0 Å². The van der Waals surface area contributed by atoms with E-state index in [-0.39, 0.29) is 0 Å². The standard InChI is InChI=1S/C21H23N5/c1-25-17-24-15-21(25)16-26(20-9-7-18(13-22)8-10-20)12-11-23-14-19-5-3-2-4-6-19/h2-10,15,17,23H,11-12,14,16H2,1H3. The van der Waals surface area contributed by atoms with E-state index in [2.05, 4.69) is 45.5 Å². The molecule has 1 aromatic heterocycles. The number of nitrogens with zero attached hydrogens (tertiary/aromatic N) is 4. The van der Waals surface area contributed by atoms with Crippen LogP contribution in [0.2, 0.25) is 0 Å². The van der Waals surface area contributed by atoms with Gasteiger partial charge >= 0.3 is 0 Å². The fraction of sp³-hybridized carbons (Fsp3) is 0.238. The van der Waals surface area contributed by atoms with Gasteiger partial charge in [-0.05, 0) is 29.8 Å². The Kier molecular flexibility index (Phi) is 6.02. The highest BCUT2D eigenvalue weighted by atomic mass is 15.2. The first-order valence-corrected chi connectivity index (χ1v) is 8.71. The van der Waals surface area contributed by atoms with Crippen LogP contribution in [0.3, 0.4) is 0 Å². The van der Waals surface area contributed by atoms with Crippen molar-refractivity contribution < 1.29 is 0 Å². The average Bonchev–Trinajstić information content (AvgIpc) is 3.10. The molecule has 0 saturated carbocycles. The number of nitrogens with one attached hydrogen (secondary N) is 1. The lowest BCUT2D eigenvalue weighted by atomic mass is 10.2. The predicted molar refractivity (Wildman–Crippen MR) is 104 cm³/mol. The van der Waals surface area contributed by atoms with Gasteiger partial charge in [0, 0.05) is 38.6 Å². The zero-order chi connectivity index (χ0) is 18.2. The minimum atomic E-state index is 0.677. The Balaban J connectivity index is 1.64. The Labute approximate surface area is 154 Å². The van der Waals surface area contributed by atoms with Crippen molar-refractivity contribution in [2.75, 3.05) is 18.0 Å². The third-order valence-electron chi connectivity index (χ3n) is 4.36. The Bertz CT molecular complexity index is 846. The van der Waals surface area contributed by atoms with Crippen LogP contribution < -0.4 is 10.2 Å². The number of imidazole rings is 1. The molecule has 1 N–H and O–H groups in total. The number of rotatable bonds is 8. The Hall–Kier alpha value is -3.10. The molecule has 0 radical (unpaired) electrons. The fourth-order valence-electron chi connectivity index (χ4n) is 2.82. The third-order valence-corrected chi connectivity index (χ3v) is 4.36. The van der Waals surface area contributed by atoms with E-state index >= 15 is 0 Å². The summed E-state index contributed by atoms with van der Waals surface area (Å²) in [5, 5.41) is 12.5. The van der Waals surface area contributed by atoms with Gasteiger partial charge in [0.25, 0.3) is 0 Å². The van der Waals surface area contributed by atoms with E-state index in [4.69, 9.17) is 5.26 Å². The number of hydrogen-bond donors (Lipinski definition) is 1. The molecule has 0 bridgehead atoms. The summed E-state index contributed by atoms with van der Waals surface area (Å²) in [5.41, 5.74) is 4.21. The fourth-order valence-corrected chi connectivity index (χ4v) is 2.82. The lowest BCUT2D eigenvalue weighted by Crippen LogP contribution is -2.32. The van der Waals surface area contributed by atoms with Gasteiger partial charge in [0.05, 0.1) is 30.2 Å². The van der Waals surface area contributed by atoms with Crippen molar-refractivity contribution in [2.24, 2.45) is 7.05 Å². The van der Waals surface area contributed by atoms with E-state index in [9.17, 15) is 0 Å². The molecule has 0 saturated heterocycles. The molecule has 5 nitrogen and oxygen atoms in total. The van der Waals surface area contributed by atoms with E-state index in [1.54, 1.807) is 0 Å². The molecule has 3 aromatic rings. The van der Waals surface area contributed by atoms with Gasteiger partial charge < -0.3 is 14.8 Å². The van der Waals surface area contributed by atoms with Crippen LogP contribution in [-0.4, -0.2) is 22.6 Å². The maximum atomic E-state index is 9.01. The largest absolute Gasteiger partial charge is 0.364 e. The highest BCUT2D eigenvalue weighted by Crippen LogP contribution is 2.17. The minimum Gasteiger partial charge on any atom is -0.364 e. The minimum absolute atomic E-state index is 0.677. The molecule has 132 valence electrons. The third kappa shape index (κ3) is 4.71. The average molecular weight is 345 g/mol. The Morgan fingerprint density at radius 3 is 2.54 bits per heavy atom. The van der Waals surface area contributed by atoms with Crippen LogP contribution >= 0.6 is 0 Å². The molecule has 0 atom stereocenters. The predicted octanol–water partition coefficient (Wildman–Crippen LogP) is 3.09. The smallest absolute Gasteiger partial charge is 0.0991 e. The summed E-state index contributed by atoms with van der Waals surface area (Å²) >= 11 is 0. The number of aromatic nitrogens is 2. The van der Waals surface area contributed by atoms with Crippen molar-refractivity contribution in [2.45, 2.75) is 13.1 Å². The molecular formula is C21H23N5. The number of nitriles is 1. The molecule has 0 spiro atoms. The maximum absolute atomic E-state index is 9.01. The summed E-state index contributed by atoms with van der Waals surface area (Å²) in [5.74, 6) is 0. The van der Waals surface area contributed by atoms with Crippen molar-refractivity contribution in [3.63, 3.8) is 0 Å². The first-order chi connectivity index (χ1) is 12.8. The van der Waals surface area contributed by atoms with Gasteiger partial charge in [-0.2, -0.15) is 5.26 Å². The van der Waals surface area contributed by atoms with Crippen molar-refractivity contribution in [1.82, 2.24) is 14.9 Å². The van der Waals surface area contributed by atoms with E-state index in [1.807, 2.05) is 54.5 Å². The van der Waals surface area contributed by atoms with Gasteiger partial charge in [-0.25, -0.2) is 4.98 Å². The van der Waals surface area contributed by atoms with Gasteiger partial charge in [0.2, 0.25) is 0 Å². The van der Waals surface area contributed by atoms with Crippen molar-refractivity contribution in [3.8, 4) is 6.07 Å². The molecule has 0 aliphatic heterocycles. The van der Waals surface area contributed by atoms with Crippen LogP contribution in [0.15, 0.2) is 67.1 Å². The highest BCUT2D eigenvalue weighted by Gasteiger charge is 2.10. The summed E-state index contributed by atoms with van der Waals surface area (Å²) in [7, 11) is 2.01. The highest BCUT2D eigenvalue weighted by molar-refractivity contribution is 5.50. The van der Waals surface area contributed by atoms with Crippen LogP contribution in [0, 0.1) is 11.3 Å². The van der Waals surface area contributed by atoms with E-state index in [0.29, 0.717) is 5.56 Å². The summed E-state index contributed by atoms with van der Waals surface area (Å²) in [6.07, 6.45) is 3.72. The summed E-state index contributed by atoms with van der Waals surface area (Å²) in [6, 6.07) is 20.3. The zero-order valence-corrected chi connectivity index (χ0v) is 15.0. The quantitative estimate of drug-likeness (QED) is 0.638. The van der Waals surface area contributed by atoms with Gasteiger partial charge in [0.15, 0.2) is 0 Å². The van der Waals surface area contributed by atoms with Gasteiger partial charge in [-0.3, -0.25) is 0 Å². The summed E-state index contributed by atoms with van der Waals surface area (Å²) in [6.45, 7) is 3.36. The molecular weight excluding hydrogens is 322 g/mol. The van der Waals surface area contributed by atoms with Gasteiger partial charge in [-0.1, -0.05) is 30.3 Å². The molecule has 0 unspecified atom stereocenters. The molecule has 5 heteroatoms. The zero-order valence-electron chi connectivity index (χ0n) is 15.0. The van der Waals surface area contributed by atoms with Gasteiger partial charge in [0.1, 0.15) is 0 Å². The number of benzene rings is 2. The van der Waals surface area contributed by atoms with Crippen LogP contribution in [0.25, 0.3) is 0 Å². The number of hydrogen-bond acceptors (Lipinski definition) is 4. The topological polar surface area (TPSA) is 56.9 Å². The van der Waals surface area contributed by atoms with E-state index in [0.717, 1.165) is 37.6 Å². The molecule has 0 fully saturated rings. The lowest BCUT2D eigenvalue weighted by molar-refractivity contribution is 0.648. The molecule has 0 aliphatic carbocycles. The van der Waals surface area contributed by atoms with Crippen LogP contribution in [0.5, 0.6) is 0 Å². The van der Waals surface area contributed by atoms with E-state index in [1.165, 1.54) is 5.56 Å². The molecule has 0 aliphatic rings. The molecule has 26 heavy (non-hydrogen) atoms. The first kappa shape index (κ1) is 17.7. The number of anilines is 1. The van der Waals surface area contributed by atoms with Crippen molar-refractivity contribution >= 4 is 5.69 Å². The summed E-state index contributed by atoms with van der Waals surface area (Å²) < 4.78 is 2.04. The Morgan fingerprint density at radius 2 is 1.88 bits per heavy atom. The molecule has 0 amide bonds. The maximum Gasteiger partial charge on any atom is 0.0991 e. The van der Waals surface area contributed by atoms with Crippen LogP contribution in [0.4, 0.5) is 5.69 Å². The second kappa shape index (κ2) is 8.84. The van der Waals surface area contributed by atoms with Crippen molar-refractivity contribution in [3.05, 3.63) is 83.9 Å². The second-order valence-corrected chi connectivity index (χ2v) is 6.24. The molecule has 1 heterocycles. The second-order valence-electron chi connectivity index (χ2n) is 6.24. The monoisotopic (exact) mass is 345 g/mol. The van der Waals surface area contributed by atoms with Crippen molar-refractivity contribution in [1.29, 1.82) is 5.26 Å². The lowest BCUT2D eigenvalue weighted by Gasteiger charge is -2.25. The van der Waals surface area contributed by atoms with E-state index < -0.39 is 0 Å². The first-order valence-electron chi connectivity index (χ1n) is 8.71. The SMILES string of the molecule is Cn1cncc1CN(CCNCc1ccccc1)c1ccc(C#N)cc1. The normalized spacial score (nSPS) is 10.5. The number of aryl methyl sites for hydroxylation is 1. The molecule has 3 rings (SSSR count).